The fraction of sp³-hybridized carbons (Fsp3) is 0.417. The molecule has 1 heterocycles. The first kappa shape index (κ1) is 21.6. The summed E-state index contributed by atoms with van der Waals surface area (Å²) in [6.07, 6.45) is 2.59. The Labute approximate surface area is 131 Å². The summed E-state index contributed by atoms with van der Waals surface area (Å²) in [6.45, 7) is 3.66. The van der Waals surface area contributed by atoms with Gasteiger partial charge in [0.05, 0.1) is 10.6 Å². The van der Waals surface area contributed by atoms with Crippen LogP contribution in [0.25, 0.3) is 0 Å². The summed E-state index contributed by atoms with van der Waals surface area (Å²) in [5, 5.41) is 0. The monoisotopic (exact) mass is 344 g/mol. The third-order valence-electron chi connectivity index (χ3n) is 2.35. The van der Waals surface area contributed by atoms with Crippen molar-refractivity contribution in [3.8, 4) is 0 Å². The SMILES string of the molecule is CC(C)c1ncccc1S(=O)(=O)C/C(F)=C/CN.Cl.Cl. The molecule has 0 saturated carbocycles. The maximum atomic E-state index is 13.3. The summed E-state index contributed by atoms with van der Waals surface area (Å²) in [4.78, 5) is 4.14. The number of nitrogens with two attached hydrogens (primary N) is 1. The van der Waals surface area contributed by atoms with Gasteiger partial charge in [0.15, 0.2) is 9.84 Å². The lowest BCUT2D eigenvalue weighted by Gasteiger charge is -2.11. The molecule has 8 heteroatoms. The number of hydrogen-bond acceptors (Lipinski definition) is 4. The molecule has 0 aliphatic rings. The first-order valence-electron chi connectivity index (χ1n) is 5.60. The Morgan fingerprint density at radius 3 is 2.55 bits per heavy atom. The lowest BCUT2D eigenvalue weighted by atomic mass is 10.1. The molecule has 0 unspecified atom stereocenters. The Kier molecular flexibility index (Phi) is 10.0. The Morgan fingerprint density at radius 1 is 1.45 bits per heavy atom. The molecular formula is C12H19Cl2FN2O2S. The number of nitrogens with zero attached hydrogens (tertiary/aromatic N) is 1. The van der Waals surface area contributed by atoms with E-state index in [0.29, 0.717) is 5.69 Å². The van der Waals surface area contributed by atoms with E-state index in [-0.39, 0.29) is 42.2 Å². The van der Waals surface area contributed by atoms with Crippen molar-refractivity contribution in [1.29, 1.82) is 0 Å². The molecule has 20 heavy (non-hydrogen) atoms. The minimum Gasteiger partial charge on any atom is -0.327 e. The molecule has 0 amide bonds. The summed E-state index contributed by atoms with van der Waals surface area (Å²) in [5.74, 6) is -1.45. The van der Waals surface area contributed by atoms with Crippen LogP contribution in [0.4, 0.5) is 4.39 Å². The Bertz CT molecular complexity index is 548. The number of halogens is 3. The molecule has 1 aromatic heterocycles. The summed E-state index contributed by atoms with van der Waals surface area (Å²) in [5.41, 5.74) is 5.60. The van der Waals surface area contributed by atoms with Gasteiger partial charge in [-0.1, -0.05) is 13.8 Å². The standard InChI is InChI=1S/C12H17FN2O2S.2ClH/c1-9(2)12-11(4-3-7-15-12)18(16,17)8-10(13)5-6-14;;/h3-5,7,9H,6,8,14H2,1-2H3;2*1H/b10-5-;;. The summed E-state index contributed by atoms with van der Waals surface area (Å²) in [6, 6.07) is 2.98. The third-order valence-corrected chi connectivity index (χ3v) is 4.02. The molecule has 0 aliphatic carbocycles. The summed E-state index contributed by atoms with van der Waals surface area (Å²) < 4.78 is 37.5. The highest BCUT2D eigenvalue weighted by molar-refractivity contribution is 7.91. The molecule has 0 bridgehead atoms. The molecular weight excluding hydrogens is 326 g/mol. The minimum absolute atomic E-state index is 0. The molecule has 0 saturated heterocycles. The van der Waals surface area contributed by atoms with E-state index in [1.165, 1.54) is 18.3 Å². The summed E-state index contributed by atoms with van der Waals surface area (Å²) in [7, 11) is -3.72. The zero-order valence-corrected chi connectivity index (χ0v) is 13.7. The second-order valence-corrected chi connectivity index (χ2v) is 6.15. The van der Waals surface area contributed by atoms with Gasteiger partial charge < -0.3 is 5.73 Å². The normalized spacial score (nSPS) is 11.8. The topological polar surface area (TPSA) is 73.0 Å². The van der Waals surface area contributed by atoms with Gasteiger partial charge in [0.25, 0.3) is 0 Å². The predicted octanol–water partition coefficient (Wildman–Crippen LogP) is 2.63. The van der Waals surface area contributed by atoms with Crippen LogP contribution in [0.15, 0.2) is 35.1 Å². The van der Waals surface area contributed by atoms with Gasteiger partial charge in [-0.25, -0.2) is 12.8 Å². The van der Waals surface area contributed by atoms with E-state index in [9.17, 15) is 12.8 Å². The predicted molar refractivity (Wildman–Crippen MR) is 83.1 cm³/mol. The first-order valence-corrected chi connectivity index (χ1v) is 7.26. The average molecular weight is 345 g/mol. The van der Waals surface area contributed by atoms with Gasteiger partial charge in [-0.15, -0.1) is 24.8 Å². The van der Waals surface area contributed by atoms with Crippen LogP contribution in [0.1, 0.15) is 25.5 Å². The average Bonchev–Trinajstić information content (AvgIpc) is 2.28. The molecule has 1 aromatic rings. The number of rotatable bonds is 5. The van der Waals surface area contributed by atoms with E-state index in [1.807, 2.05) is 13.8 Å². The van der Waals surface area contributed by atoms with Crippen molar-refractivity contribution in [2.24, 2.45) is 5.73 Å². The van der Waals surface area contributed by atoms with Crippen molar-refractivity contribution < 1.29 is 12.8 Å². The van der Waals surface area contributed by atoms with Crippen LogP contribution in [0.3, 0.4) is 0 Å². The van der Waals surface area contributed by atoms with Gasteiger partial charge in [0.1, 0.15) is 11.6 Å². The van der Waals surface area contributed by atoms with Gasteiger partial charge in [-0.2, -0.15) is 0 Å². The maximum Gasteiger partial charge on any atom is 0.186 e. The molecule has 4 nitrogen and oxygen atoms in total. The van der Waals surface area contributed by atoms with Gasteiger partial charge in [-0.05, 0) is 24.1 Å². The van der Waals surface area contributed by atoms with Crippen LogP contribution < -0.4 is 5.73 Å². The van der Waals surface area contributed by atoms with E-state index >= 15 is 0 Å². The van der Waals surface area contributed by atoms with E-state index in [1.54, 1.807) is 0 Å². The first-order chi connectivity index (χ1) is 8.38. The number of aromatic nitrogens is 1. The molecule has 0 aliphatic heterocycles. The Morgan fingerprint density at radius 2 is 2.05 bits per heavy atom. The van der Waals surface area contributed by atoms with Crippen LogP contribution in [0.2, 0.25) is 0 Å². The van der Waals surface area contributed by atoms with Crippen LogP contribution in [0, 0.1) is 0 Å². The van der Waals surface area contributed by atoms with E-state index in [4.69, 9.17) is 5.73 Å². The van der Waals surface area contributed by atoms with E-state index < -0.39 is 21.4 Å². The second-order valence-electron chi connectivity index (χ2n) is 4.19. The molecule has 0 atom stereocenters. The van der Waals surface area contributed by atoms with E-state index in [2.05, 4.69) is 4.98 Å². The molecule has 2 N–H and O–H groups in total. The molecule has 0 spiro atoms. The minimum atomic E-state index is -3.72. The van der Waals surface area contributed by atoms with Crippen LogP contribution >= 0.6 is 24.8 Å². The second kappa shape index (κ2) is 9.28. The van der Waals surface area contributed by atoms with Crippen molar-refractivity contribution >= 4 is 34.7 Å². The Balaban J connectivity index is 0. The van der Waals surface area contributed by atoms with Gasteiger partial charge in [0, 0.05) is 12.7 Å². The molecule has 0 fully saturated rings. The third kappa shape index (κ3) is 5.75. The van der Waals surface area contributed by atoms with Crippen molar-refractivity contribution in [1.82, 2.24) is 4.98 Å². The smallest absolute Gasteiger partial charge is 0.186 e. The number of hydrogen-bond donors (Lipinski definition) is 1. The molecule has 0 radical (unpaired) electrons. The zero-order chi connectivity index (χ0) is 13.8. The maximum absolute atomic E-state index is 13.3. The fourth-order valence-corrected chi connectivity index (χ4v) is 3.07. The Hall–Kier alpha value is -0.690. The highest BCUT2D eigenvalue weighted by atomic mass is 35.5. The largest absolute Gasteiger partial charge is 0.327 e. The van der Waals surface area contributed by atoms with Crippen LogP contribution in [0.5, 0.6) is 0 Å². The molecule has 1 rings (SSSR count). The van der Waals surface area contributed by atoms with Crippen molar-refractivity contribution in [3.05, 3.63) is 35.9 Å². The van der Waals surface area contributed by atoms with Crippen molar-refractivity contribution in [2.75, 3.05) is 12.3 Å². The fourth-order valence-electron chi connectivity index (χ4n) is 1.55. The number of pyridine rings is 1. The number of sulfone groups is 1. The van der Waals surface area contributed by atoms with Crippen LogP contribution in [-0.2, 0) is 9.84 Å². The lowest BCUT2D eigenvalue weighted by molar-refractivity contribution is 0.580. The highest BCUT2D eigenvalue weighted by Gasteiger charge is 2.22. The highest BCUT2D eigenvalue weighted by Crippen LogP contribution is 2.23. The van der Waals surface area contributed by atoms with Gasteiger partial charge in [-0.3, -0.25) is 4.98 Å². The molecule has 116 valence electrons. The van der Waals surface area contributed by atoms with Crippen molar-refractivity contribution in [2.45, 2.75) is 24.7 Å². The van der Waals surface area contributed by atoms with Crippen molar-refractivity contribution in [3.63, 3.8) is 0 Å². The van der Waals surface area contributed by atoms with Crippen LogP contribution in [-0.4, -0.2) is 25.7 Å². The quantitative estimate of drug-likeness (QED) is 0.890. The molecule has 0 aromatic carbocycles. The van der Waals surface area contributed by atoms with Gasteiger partial charge in [0.2, 0.25) is 0 Å². The van der Waals surface area contributed by atoms with Gasteiger partial charge >= 0.3 is 0 Å². The van der Waals surface area contributed by atoms with E-state index in [0.717, 1.165) is 6.08 Å². The zero-order valence-electron chi connectivity index (χ0n) is 11.2. The summed E-state index contributed by atoms with van der Waals surface area (Å²) >= 11 is 0. The lowest BCUT2D eigenvalue weighted by Crippen LogP contribution is -2.12.